The first-order chi connectivity index (χ1) is 12.7. The van der Waals surface area contributed by atoms with E-state index >= 15 is 0 Å². The van der Waals surface area contributed by atoms with Crippen molar-refractivity contribution >= 4 is 43.2 Å². The summed E-state index contributed by atoms with van der Waals surface area (Å²) < 4.78 is 2.96. The zero-order chi connectivity index (χ0) is 18.1. The van der Waals surface area contributed by atoms with Crippen molar-refractivity contribution in [1.29, 1.82) is 0 Å². The molecule has 1 amide bonds. The fourth-order valence-corrected chi connectivity index (χ4v) is 4.13. The number of para-hydroxylation sites is 1. The Hall–Kier alpha value is -2.99. The summed E-state index contributed by atoms with van der Waals surface area (Å²) in [6.45, 7) is 1.98. The normalized spacial score (nSPS) is 11.1. The van der Waals surface area contributed by atoms with Crippen LogP contribution in [0, 0.1) is 0 Å². The maximum absolute atomic E-state index is 12.8. The lowest BCUT2D eigenvalue weighted by molar-refractivity contribution is -0.116. The van der Waals surface area contributed by atoms with Crippen molar-refractivity contribution in [1.82, 2.24) is 9.55 Å². The number of hydrogen-bond donors (Lipinski definition) is 1. The summed E-state index contributed by atoms with van der Waals surface area (Å²) in [5.74, 6) is -0.240. The maximum Gasteiger partial charge on any atom is 0.271 e. The van der Waals surface area contributed by atoms with Gasteiger partial charge in [-0.2, -0.15) is 0 Å². The molecule has 0 atom stereocenters. The summed E-state index contributed by atoms with van der Waals surface area (Å²) in [4.78, 5) is 29.6. The second-order valence-corrected chi connectivity index (χ2v) is 7.06. The largest absolute Gasteiger partial charge is 0.324 e. The van der Waals surface area contributed by atoms with Gasteiger partial charge in [-0.1, -0.05) is 43.3 Å². The van der Waals surface area contributed by atoms with Crippen LogP contribution in [0.1, 0.15) is 12.5 Å². The highest BCUT2D eigenvalue weighted by atomic mass is 32.1. The van der Waals surface area contributed by atoms with Gasteiger partial charge in [0.1, 0.15) is 11.2 Å². The zero-order valence-corrected chi connectivity index (χ0v) is 15.0. The molecule has 0 radical (unpaired) electrons. The van der Waals surface area contributed by atoms with Gasteiger partial charge < -0.3 is 5.32 Å². The van der Waals surface area contributed by atoms with Gasteiger partial charge in [-0.05, 0) is 24.1 Å². The topological polar surface area (TPSA) is 64.0 Å². The van der Waals surface area contributed by atoms with Crippen LogP contribution in [-0.2, 0) is 17.8 Å². The number of hydrogen-bond acceptors (Lipinski definition) is 4. The summed E-state index contributed by atoms with van der Waals surface area (Å²) >= 11 is 1.41. The van der Waals surface area contributed by atoms with Gasteiger partial charge in [-0.25, -0.2) is 4.98 Å². The number of fused-ring (bicyclic) bond motifs is 3. The number of nitrogens with one attached hydrogen (secondary N) is 1. The number of benzene rings is 2. The third kappa shape index (κ3) is 2.88. The smallest absolute Gasteiger partial charge is 0.271 e. The molecular weight excluding hydrogens is 346 g/mol. The Bertz CT molecular complexity index is 1180. The Balaban J connectivity index is 1.65. The van der Waals surface area contributed by atoms with E-state index in [0.29, 0.717) is 10.2 Å². The molecule has 0 aliphatic rings. The van der Waals surface area contributed by atoms with Crippen molar-refractivity contribution in [3.8, 4) is 0 Å². The van der Waals surface area contributed by atoms with Crippen LogP contribution in [-0.4, -0.2) is 15.5 Å². The molecule has 2 aromatic heterocycles. The number of nitrogens with zero attached hydrogens (tertiary/aromatic N) is 2. The van der Waals surface area contributed by atoms with Gasteiger partial charge >= 0.3 is 0 Å². The quantitative estimate of drug-likeness (QED) is 0.600. The Morgan fingerprint density at radius 3 is 2.77 bits per heavy atom. The number of anilines is 1. The molecule has 0 spiro atoms. The molecule has 0 unspecified atom stereocenters. The lowest BCUT2D eigenvalue weighted by atomic mass is 10.1. The summed E-state index contributed by atoms with van der Waals surface area (Å²) in [7, 11) is 0. The third-order valence-corrected chi connectivity index (χ3v) is 5.48. The van der Waals surface area contributed by atoms with Gasteiger partial charge in [0.15, 0.2) is 0 Å². The first kappa shape index (κ1) is 16.5. The highest BCUT2D eigenvalue weighted by molar-refractivity contribution is 7.25. The lowest BCUT2D eigenvalue weighted by Crippen LogP contribution is -2.27. The molecule has 2 heterocycles. The fourth-order valence-electron chi connectivity index (χ4n) is 3.02. The molecule has 0 bridgehead atoms. The van der Waals surface area contributed by atoms with Crippen molar-refractivity contribution in [3.63, 3.8) is 0 Å². The maximum atomic E-state index is 12.8. The molecule has 130 valence electrons. The first-order valence-corrected chi connectivity index (χ1v) is 9.23. The van der Waals surface area contributed by atoms with Gasteiger partial charge in [0, 0.05) is 15.8 Å². The number of aromatic nitrogens is 2. The van der Waals surface area contributed by atoms with Gasteiger partial charge in [0.2, 0.25) is 5.91 Å². The van der Waals surface area contributed by atoms with E-state index in [2.05, 4.69) is 10.3 Å². The molecule has 26 heavy (non-hydrogen) atoms. The molecule has 4 aromatic rings. The molecule has 6 heteroatoms. The van der Waals surface area contributed by atoms with E-state index in [-0.39, 0.29) is 18.0 Å². The SMILES string of the molecule is CCc1ccccc1NC(=O)Cn1cnc2c(sc3ccccc32)c1=O. The van der Waals surface area contributed by atoms with Gasteiger partial charge in [-0.15, -0.1) is 11.3 Å². The van der Waals surface area contributed by atoms with Crippen molar-refractivity contribution in [2.45, 2.75) is 19.9 Å². The van der Waals surface area contributed by atoms with Crippen LogP contribution >= 0.6 is 11.3 Å². The average Bonchev–Trinajstić information content (AvgIpc) is 3.04. The zero-order valence-electron chi connectivity index (χ0n) is 14.2. The molecule has 2 aromatic carbocycles. The number of carbonyl (C=O) groups excluding carboxylic acids is 1. The van der Waals surface area contributed by atoms with E-state index in [4.69, 9.17) is 0 Å². The second kappa shape index (κ2) is 6.72. The molecular formula is C20H17N3O2S. The predicted molar refractivity (Wildman–Crippen MR) is 106 cm³/mol. The minimum atomic E-state index is -0.240. The Morgan fingerprint density at radius 1 is 1.15 bits per heavy atom. The molecule has 5 nitrogen and oxygen atoms in total. The van der Waals surface area contributed by atoms with Crippen molar-refractivity contribution in [3.05, 3.63) is 70.8 Å². The van der Waals surface area contributed by atoms with Crippen LogP contribution in [0.2, 0.25) is 0 Å². The van der Waals surface area contributed by atoms with E-state index in [9.17, 15) is 9.59 Å². The number of thiophene rings is 1. The predicted octanol–water partition coefficient (Wildman–Crippen LogP) is 3.81. The molecule has 0 saturated carbocycles. The molecule has 0 aliphatic heterocycles. The lowest BCUT2D eigenvalue weighted by Gasteiger charge is -2.10. The minimum Gasteiger partial charge on any atom is -0.324 e. The van der Waals surface area contributed by atoms with Crippen LogP contribution in [0.5, 0.6) is 0 Å². The van der Waals surface area contributed by atoms with Crippen LogP contribution in [0.4, 0.5) is 5.69 Å². The van der Waals surface area contributed by atoms with Crippen molar-refractivity contribution < 1.29 is 4.79 Å². The standard InChI is InChI=1S/C20H17N3O2S/c1-2-13-7-3-5-9-15(13)22-17(24)11-23-12-21-18-14-8-4-6-10-16(14)26-19(18)20(23)25/h3-10,12H,2,11H2,1H3,(H,22,24). The highest BCUT2D eigenvalue weighted by Gasteiger charge is 2.13. The summed E-state index contributed by atoms with van der Waals surface area (Å²) in [5, 5.41) is 3.86. The van der Waals surface area contributed by atoms with Gasteiger partial charge in [0.05, 0.1) is 11.8 Å². The van der Waals surface area contributed by atoms with E-state index < -0.39 is 0 Å². The Kier molecular flexibility index (Phi) is 4.26. The number of aryl methyl sites for hydroxylation is 1. The van der Waals surface area contributed by atoms with E-state index in [1.54, 1.807) is 0 Å². The third-order valence-electron chi connectivity index (χ3n) is 4.34. The van der Waals surface area contributed by atoms with Gasteiger partial charge in [0.25, 0.3) is 5.56 Å². The van der Waals surface area contributed by atoms with Crippen LogP contribution in [0.3, 0.4) is 0 Å². The molecule has 1 N–H and O–H groups in total. The van der Waals surface area contributed by atoms with E-state index in [0.717, 1.165) is 27.8 Å². The van der Waals surface area contributed by atoms with E-state index in [1.807, 2.05) is 55.5 Å². The van der Waals surface area contributed by atoms with Crippen molar-refractivity contribution in [2.75, 3.05) is 5.32 Å². The summed E-state index contributed by atoms with van der Waals surface area (Å²) in [5.41, 5.74) is 2.36. The minimum absolute atomic E-state index is 0.0614. The molecule has 0 aliphatic carbocycles. The number of carbonyl (C=O) groups is 1. The number of rotatable bonds is 4. The average molecular weight is 363 g/mol. The monoisotopic (exact) mass is 363 g/mol. The summed E-state index contributed by atoms with van der Waals surface area (Å²) in [6.07, 6.45) is 2.28. The van der Waals surface area contributed by atoms with Crippen molar-refractivity contribution in [2.24, 2.45) is 0 Å². The number of amides is 1. The Labute approximate surface area is 153 Å². The molecule has 4 rings (SSSR count). The van der Waals surface area contributed by atoms with Gasteiger partial charge in [-0.3, -0.25) is 14.2 Å². The van der Waals surface area contributed by atoms with Crippen LogP contribution in [0.15, 0.2) is 59.7 Å². The highest BCUT2D eigenvalue weighted by Crippen LogP contribution is 2.29. The molecule has 0 saturated heterocycles. The Morgan fingerprint density at radius 2 is 1.92 bits per heavy atom. The van der Waals surface area contributed by atoms with Crippen LogP contribution in [0.25, 0.3) is 20.3 Å². The second-order valence-electron chi connectivity index (χ2n) is 6.01. The summed E-state index contributed by atoms with van der Waals surface area (Å²) in [6, 6.07) is 15.5. The van der Waals surface area contributed by atoms with E-state index in [1.165, 1.54) is 22.2 Å². The molecule has 0 fully saturated rings. The fraction of sp³-hybridized carbons (Fsp3) is 0.150. The first-order valence-electron chi connectivity index (χ1n) is 8.42. The van der Waals surface area contributed by atoms with Crippen LogP contribution < -0.4 is 10.9 Å².